The average molecular weight is 735 g/mol. The van der Waals surface area contributed by atoms with E-state index in [1.165, 1.54) is 0 Å². The number of benzene rings is 1. The van der Waals surface area contributed by atoms with E-state index >= 15 is 8.78 Å². The highest BCUT2D eigenvalue weighted by atomic mass is 19.1. The Hall–Kier alpha value is -1.88. The summed E-state index contributed by atoms with van der Waals surface area (Å²) in [4.78, 5) is 0. The molecule has 0 saturated carbocycles. The molecule has 0 aromatic heterocycles. The smallest absolute Gasteiger partial charge is 0.214 e. The van der Waals surface area contributed by atoms with Crippen LogP contribution >= 0.6 is 0 Å². The number of ether oxygens (including phenoxy) is 4. The largest absolute Gasteiger partial charge is 0.483 e. The second-order valence-corrected chi connectivity index (χ2v) is 22.1. The average Bonchev–Trinajstić information content (AvgIpc) is 2.84. The maximum atomic E-state index is 17.7. The van der Waals surface area contributed by atoms with Crippen molar-refractivity contribution in [3.63, 3.8) is 0 Å². The third kappa shape index (κ3) is 10.2. The molecule has 0 radical (unpaired) electrons. The van der Waals surface area contributed by atoms with Crippen LogP contribution in [0.15, 0.2) is 0 Å². The molecular weight excluding hydrogens is 662 g/mol. The standard InChI is InChI=1S/C42H72F2N4O4/c1-35(2)17-25(18-36(3,4)45-35)49-31-29(43)33(51-27-21-39(9,10)47-40(11,12)22-27)34(52-28-23-41(13,14)48-42(15,16)24-28)30(44)32(31)50-26-19-37(5,6)46-38(7,8)20-26/h25-28,45-48H,17-24H2,1-16H3. The molecule has 8 nitrogen and oxygen atoms in total. The first-order valence-corrected chi connectivity index (χ1v) is 19.7. The lowest BCUT2D eigenvalue weighted by atomic mass is 9.80. The van der Waals surface area contributed by atoms with Crippen LogP contribution in [0.4, 0.5) is 8.78 Å². The highest BCUT2D eigenvalue weighted by molar-refractivity contribution is 5.58. The molecule has 4 fully saturated rings. The molecule has 0 amide bonds. The van der Waals surface area contributed by atoms with Crippen molar-refractivity contribution in [2.75, 3.05) is 0 Å². The van der Waals surface area contributed by atoms with Gasteiger partial charge in [0.25, 0.3) is 0 Å². The Kier molecular flexibility index (Phi) is 10.6. The second-order valence-electron chi connectivity index (χ2n) is 22.1. The van der Waals surface area contributed by atoms with Crippen LogP contribution in [-0.4, -0.2) is 68.7 Å². The summed E-state index contributed by atoms with van der Waals surface area (Å²) in [5.41, 5.74) is -2.26. The van der Waals surface area contributed by atoms with Gasteiger partial charge < -0.3 is 40.2 Å². The predicted molar refractivity (Wildman–Crippen MR) is 206 cm³/mol. The lowest BCUT2D eigenvalue weighted by Crippen LogP contribution is -2.60. The van der Waals surface area contributed by atoms with Crippen LogP contribution in [-0.2, 0) is 0 Å². The summed E-state index contributed by atoms with van der Waals surface area (Å²) in [6.45, 7) is 33.9. The van der Waals surface area contributed by atoms with Crippen LogP contribution in [0.2, 0.25) is 0 Å². The first-order valence-electron chi connectivity index (χ1n) is 19.7. The molecule has 5 rings (SSSR count). The molecular formula is C42H72F2N4O4. The van der Waals surface area contributed by atoms with Gasteiger partial charge in [-0.2, -0.15) is 8.78 Å². The fourth-order valence-electron chi connectivity index (χ4n) is 10.9. The number of halogens is 2. The first-order chi connectivity index (χ1) is 23.3. The van der Waals surface area contributed by atoms with Crippen molar-refractivity contribution < 1.29 is 27.7 Å². The molecule has 0 unspecified atom stereocenters. The normalized spacial score (nSPS) is 28.2. The van der Waals surface area contributed by atoms with Crippen molar-refractivity contribution in [1.82, 2.24) is 21.3 Å². The van der Waals surface area contributed by atoms with Gasteiger partial charge in [0.05, 0.1) is 0 Å². The monoisotopic (exact) mass is 735 g/mol. The second kappa shape index (κ2) is 13.4. The predicted octanol–water partition coefficient (Wildman–Crippen LogP) is 8.72. The van der Waals surface area contributed by atoms with Crippen molar-refractivity contribution in [3.8, 4) is 23.0 Å². The molecule has 0 atom stereocenters. The molecule has 298 valence electrons. The van der Waals surface area contributed by atoms with Gasteiger partial charge in [-0.25, -0.2) is 0 Å². The van der Waals surface area contributed by atoms with Gasteiger partial charge in [0.15, 0.2) is 0 Å². The number of hydrogen-bond acceptors (Lipinski definition) is 8. The Bertz CT molecular complexity index is 1210. The van der Waals surface area contributed by atoms with E-state index in [-0.39, 0.29) is 67.3 Å². The quantitative estimate of drug-likeness (QED) is 0.211. The Morgan fingerprint density at radius 3 is 0.596 bits per heavy atom. The summed E-state index contributed by atoms with van der Waals surface area (Å²) in [5.74, 6) is -2.46. The van der Waals surface area contributed by atoms with Crippen LogP contribution in [0.3, 0.4) is 0 Å². The molecule has 52 heavy (non-hydrogen) atoms. The molecule has 0 aliphatic carbocycles. The van der Waals surface area contributed by atoms with Crippen molar-refractivity contribution in [1.29, 1.82) is 0 Å². The van der Waals surface area contributed by atoms with E-state index in [1.807, 2.05) is 0 Å². The molecule has 0 spiro atoms. The minimum atomic E-state index is -0.769. The molecule has 0 bridgehead atoms. The highest BCUT2D eigenvalue weighted by Crippen LogP contribution is 2.51. The third-order valence-corrected chi connectivity index (χ3v) is 11.0. The zero-order chi connectivity index (χ0) is 39.1. The Balaban J connectivity index is 1.67. The van der Waals surface area contributed by atoms with Crippen molar-refractivity contribution in [2.24, 2.45) is 0 Å². The minimum Gasteiger partial charge on any atom is -0.483 e. The van der Waals surface area contributed by atoms with Crippen LogP contribution < -0.4 is 40.2 Å². The molecule has 4 saturated heterocycles. The first kappa shape index (κ1) is 41.3. The molecule has 1 aromatic carbocycles. The van der Waals surface area contributed by atoms with Gasteiger partial charge in [-0.3, -0.25) is 0 Å². The van der Waals surface area contributed by atoms with Gasteiger partial charge in [-0.1, -0.05) is 0 Å². The van der Waals surface area contributed by atoms with E-state index in [9.17, 15) is 0 Å². The van der Waals surface area contributed by atoms with E-state index in [4.69, 9.17) is 18.9 Å². The molecule has 4 aliphatic rings. The number of hydrogen-bond donors (Lipinski definition) is 4. The van der Waals surface area contributed by atoms with E-state index in [2.05, 4.69) is 132 Å². The lowest BCUT2D eigenvalue weighted by molar-refractivity contribution is 0.0231. The summed E-state index contributed by atoms with van der Waals surface area (Å²) in [5, 5.41) is 14.7. The van der Waals surface area contributed by atoms with Crippen LogP contribution in [0.25, 0.3) is 0 Å². The van der Waals surface area contributed by atoms with E-state index in [0.717, 1.165) is 0 Å². The van der Waals surface area contributed by atoms with Gasteiger partial charge in [0.2, 0.25) is 34.6 Å². The zero-order valence-corrected chi connectivity index (χ0v) is 35.4. The van der Waals surface area contributed by atoms with Gasteiger partial charge in [0.1, 0.15) is 24.4 Å². The summed E-state index contributed by atoms with van der Waals surface area (Å²) in [6.07, 6.45) is 3.26. The third-order valence-electron chi connectivity index (χ3n) is 11.0. The number of piperidine rings is 4. The molecule has 4 aliphatic heterocycles. The van der Waals surface area contributed by atoms with E-state index in [1.54, 1.807) is 0 Å². The number of rotatable bonds is 8. The fraction of sp³-hybridized carbons (Fsp3) is 0.857. The lowest BCUT2D eigenvalue weighted by Gasteiger charge is -2.48. The zero-order valence-electron chi connectivity index (χ0n) is 35.4. The van der Waals surface area contributed by atoms with Gasteiger partial charge in [-0.15, -0.1) is 0 Å². The molecule has 4 N–H and O–H groups in total. The van der Waals surface area contributed by atoms with Gasteiger partial charge in [0, 0.05) is 95.7 Å². The molecule has 4 heterocycles. The van der Waals surface area contributed by atoms with Crippen molar-refractivity contribution >= 4 is 0 Å². The number of nitrogens with one attached hydrogen (secondary N) is 4. The summed E-state index contributed by atoms with van der Waals surface area (Å²) < 4.78 is 62.2. The van der Waals surface area contributed by atoms with Crippen LogP contribution in [0.5, 0.6) is 23.0 Å². The highest BCUT2D eigenvalue weighted by Gasteiger charge is 2.46. The van der Waals surface area contributed by atoms with Crippen LogP contribution in [0.1, 0.15) is 162 Å². The Labute approximate surface area is 314 Å². The van der Waals surface area contributed by atoms with Gasteiger partial charge >= 0.3 is 0 Å². The summed E-state index contributed by atoms with van der Waals surface area (Å²) in [7, 11) is 0. The SMILES string of the molecule is CC1(C)CC(Oc2c(F)c(OC3CC(C)(C)NC(C)(C)C3)c(OC3CC(C)(C)NC(C)(C)C3)c(F)c2OC2CC(C)(C)NC(C)(C)C2)CC(C)(C)N1. The van der Waals surface area contributed by atoms with E-state index < -0.39 is 36.1 Å². The fourth-order valence-corrected chi connectivity index (χ4v) is 10.9. The Morgan fingerprint density at radius 1 is 0.327 bits per heavy atom. The van der Waals surface area contributed by atoms with Crippen molar-refractivity contribution in [3.05, 3.63) is 11.6 Å². The van der Waals surface area contributed by atoms with Gasteiger partial charge in [-0.05, 0) is 111 Å². The molecule has 10 heteroatoms. The summed E-state index contributed by atoms with van der Waals surface area (Å²) >= 11 is 0. The van der Waals surface area contributed by atoms with Crippen molar-refractivity contribution in [2.45, 2.75) is 231 Å². The van der Waals surface area contributed by atoms with Crippen LogP contribution in [0, 0.1) is 11.6 Å². The summed E-state index contributed by atoms with van der Waals surface area (Å²) in [6, 6.07) is 0. The Morgan fingerprint density at radius 2 is 0.462 bits per heavy atom. The maximum Gasteiger partial charge on any atom is 0.214 e. The topological polar surface area (TPSA) is 85.0 Å². The van der Waals surface area contributed by atoms with E-state index in [0.29, 0.717) is 51.4 Å². The minimum absolute atomic E-state index is 0.231. The molecule has 1 aromatic rings. The maximum absolute atomic E-state index is 17.7.